The fourth-order valence-electron chi connectivity index (χ4n) is 3.15. The molecule has 1 aliphatic carbocycles. The predicted molar refractivity (Wildman–Crippen MR) is 85.1 cm³/mol. The van der Waals surface area contributed by atoms with Crippen LogP contribution in [0.2, 0.25) is 0 Å². The Labute approximate surface area is 126 Å². The molecule has 0 bridgehead atoms. The Morgan fingerprint density at radius 3 is 2.19 bits per heavy atom. The maximum atomic E-state index is 12.9. The molecule has 0 aromatic heterocycles. The van der Waals surface area contributed by atoms with Crippen LogP contribution in [0, 0.1) is 0 Å². The summed E-state index contributed by atoms with van der Waals surface area (Å²) in [6.07, 6.45) is 2.68. The minimum absolute atomic E-state index is 0.225. The number of carbonyl (C=O) groups excluding carboxylic acids is 1. The molecule has 4 nitrogen and oxygen atoms in total. The maximum absolute atomic E-state index is 12.9. The summed E-state index contributed by atoms with van der Waals surface area (Å²) in [5.74, 6) is 0.225. The number of amides is 1. The first kappa shape index (κ1) is 14.4. The van der Waals surface area contributed by atoms with Gasteiger partial charge in [-0.25, -0.2) is 0 Å². The Hall–Kier alpha value is -1.55. The van der Waals surface area contributed by atoms with Crippen LogP contribution in [0.1, 0.15) is 32.3 Å². The van der Waals surface area contributed by atoms with Crippen molar-refractivity contribution in [1.82, 2.24) is 9.80 Å². The number of nitrogens with zero attached hydrogens (tertiary/aromatic N) is 2. The van der Waals surface area contributed by atoms with Crippen LogP contribution >= 0.6 is 0 Å². The zero-order valence-electron chi connectivity index (χ0n) is 13.0. The van der Waals surface area contributed by atoms with Gasteiger partial charge in [0.25, 0.3) is 0 Å². The van der Waals surface area contributed by atoms with Gasteiger partial charge in [0.1, 0.15) is 0 Å². The van der Waals surface area contributed by atoms with E-state index in [1.54, 1.807) is 0 Å². The summed E-state index contributed by atoms with van der Waals surface area (Å²) in [4.78, 5) is 17.4. The number of benzene rings is 1. The summed E-state index contributed by atoms with van der Waals surface area (Å²) < 4.78 is 0. The topological polar surface area (TPSA) is 49.6 Å². The Morgan fingerprint density at radius 2 is 1.67 bits per heavy atom. The number of anilines is 1. The lowest BCUT2D eigenvalue weighted by atomic mass is 9.83. The molecule has 0 atom stereocenters. The van der Waals surface area contributed by atoms with Crippen molar-refractivity contribution in [3.05, 3.63) is 29.8 Å². The second-order valence-corrected chi connectivity index (χ2v) is 6.81. The number of rotatable bonds is 3. The van der Waals surface area contributed by atoms with Gasteiger partial charge in [0.2, 0.25) is 5.91 Å². The van der Waals surface area contributed by atoms with E-state index in [0.717, 1.165) is 43.5 Å². The van der Waals surface area contributed by atoms with E-state index in [-0.39, 0.29) is 5.91 Å². The molecule has 0 radical (unpaired) electrons. The van der Waals surface area contributed by atoms with Crippen LogP contribution in [0.15, 0.2) is 24.3 Å². The molecule has 3 rings (SSSR count). The van der Waals surface area contributed by atoms with Crippen LogP contribution in [0.25, 0.3) is 0 Å². The second kappa shape index (κ2) is 5.34. The van der Waals surface area contributed by atoms with Gasteiger partial charge in [-0.1, -0.05) is 12.1 Å². The molecule has 2 aliphatic rings. The molecule has 1 aromatic rings. The number of hydrogen-bond acceptors (Lipinski definition) is 3. The van der Waals surface area contributed by atoms with E-state index in [0.29, 0.717) is 0 Å². The molecule has 1 saturated carbocycles. The van der Waals surface area contributed by atoms with Gasteiger partial charge in [0.05, 0.1) is 5.41 Å². The fourth-order valence-corrected chi connectivity index (χ4v) is 3.15. The van der Waals surface area contributed by atoms with Crippen molar-refractivity contribution in [2.75, 3.05) is 31.9 Å². The van der Waals surface area contributed by atoms with E-state index in [1.165, 1.54) is 12.8 Å². The van der Waals surface area contributed by atoms with E-state index < -0.39 is 5.41 Å². The maximum Gasteiger partial charge on any atom is 0.232 e. The van der Waals surface area contributed by atoms with E-state index in [2.05, 4.69) is 4.90 Å². The highest BCUT2D eigenvalue weighted by Gasteiger charge is 2.37. The quantitative estimate of drug-likeness (QED) is 0.863. The molecule has 1 saturated heterocycles. The zero-order chi connectivity index (χ0) is 15.0. The van der Waals surface area contributed by atoms with Gasteiger partial charge in [0, 0.05) is 37.9 Å². The predicted octanol–water partition coefficient (Wildman–Crippen LogP) is 1.85. The lowest BCUT2D eigenvalue weighted by molar-refractivity contribution is -0.138. The minimum atomic E-state index is -0.491. The van der Waals surface area contributed by atoms with Crippen molar-refractivity contribution in [2.24, 2.45) is 0 Å². The lowest BCUT2D eigenvalue weighted by Gasteiger charge is -2.39. The summed E-state index contributed by atoms with van der Waals surface area (Å²) in [5, 5.41) is 0. The van der Waals surface area contributed by atoms with E-state index in [1.807, 2.05) is 43.0 Å². The largest absolute Gasteiger partial charge is 0.399 e. The second-order valence-electron chi connectivity index (χ2n) is 6.81. The van der Waals surface area contributed by atoms with Crippen LogP contribution in [0.4, 0.5) is 5.69 Å². The molecule has 1 aliphatic heterocycles. The summed E-state index contributed by atoms with van der Waals surface area (Å²) in [5.41, 5.74) is 7.02. The van der Waals surface area contributed by atoms with Crippen LogP contribution < -0.4 is 5.73 Å². The highest BCUT2D eigenvalue weighted by atomic mass is 16.2. The van der Waals surface area contributed by atoms with Crippen LogP contribution in [-0.4, -0.2) is 47.9 Å². The van der Waals surface area contributed by atoms with E-state index >= 15 is 0 Å². The summed E-state index contributed by atoms with van der Waals surface area (Å²) in [6, 6.07) is 8.47. The first-order chi connectivity index (χ1) is 9.98. The number of hydrogen-bond donors (Lipinski definition) is 1. The van der Waals surface area contributed by atoms with Gasteiger partial charge >= 0.3 is 0 Å². The molecule has 2 fully saturated rings. The van der Waals surface area contributed by atoms with Gasteiger partial charge in [-0.3, -0.25) is 9.69 Å². The third-order valence-corrected chi connectivity index (χ3v) is 4.83. The molecule has 0 unspecified atom stereocenters. The molecule has 21 heavy (non-hydrogen) atoms. The minimum Gasteiger partial charge on any atom is -0.399 e. The molecule has 2 N–H and O–H groups in total. The van der Waals surface area contributed by atoms with Crippen molar-refractivity contribution >= 4 is 11.6 Å². The zero-order valence-corrected chi connectivity index (χ0v) is 13.0. The Bertz CT molecular complexity index is 511. The standard InChI is InChI=1S/C17H25N3O/c1-17(2,13-3-5-14(18)6-4-13)16(21)20-11-9-19(10-12-20)15-7-8-15/h3-6,15H,7-12,18H2,1-2H3. The van der Waals surface area contributed by atoms with Crippen molar-refractivity contribution < 1.29 is 4.79 Å². The molecular formula is C17H25N3O. The SMILES string of the molecule is CC(C)(C(=O)N1CCN(C2CC2)CC1)c1ccc(N)cc1. The fraction of sp³-hybridized carbons (Fsp3) is 0.588. The number of nitrogens with two attached hydrogens (primary N) is 1. The van der Waals surface area contributed by atoms with E-state index in [4.69, 9.17) is 5.73 Å². The first-order valence-corrected chi connectivity index (χ1v) is 7.88. The first-order valence-electron chi connectivity index (χ1n) is 7.88. The van der Waals surface area contributed by atoms with Crippen molar-refractivity contribution in [3.63, 3.8) is 0 Å². The summed E-state index contributed by atoms with van der Waals surface area (Å²) in [6.45, 7) is 7.77. The molecule has 114 valence electrons. The Kier molecular flexibility index (Phi) is 3.66. The van der Waals surface area contributed by atoms with E-state index in [9.17, 15) is 4.79 Å². The molecule has 0 spiro atoms. The van der Waals surface area contributed by atoms with Crippen molar-refractivity contribution in [2.45, 2.75) is 38.1 Å². The van der Waals surface area contributed by atoms with Gasteiger partial charge in [0.15, 0.2) is 0 Å². The summed E-state index contributed by atoms with van der Waals surface area (Å²) >= 11 is 0. The van der Waals surface area contributed by atoms with Gasteiger partial charge in [-0.15, -0.1) is 0 Å². The Balaban J connectivity index is 1.67. The van der Waals surface area contributed by atoms with Gasteiger partial charge in [-0.2, -0.15) is 0 Å². The van der Waals surface area contributed by atoms with Crippen molar-refractivity contribution in [3.8, 4) is 0 Å². The number of nitrogen functional groups attached to an aromatic ring is 1. The molecule has 1 heterocycles. The lowest BCUT2D eigenvalue weighted by Crippen LogP contribution is -2.53. The smallest absolute Gasteiger partial charge is 0.232 e. The highest BCUT2D eigenvalue weighted by molar-refractivity contribution is 5.87. The molecule has 1 aromatic carbocycles. The molecular weight excluding hydrogens is 262 g/mol. The van der Waals surface area contributed by atoms with Crippen LogP contribution in [-0.2, 0) is 10.2 Å². The summed E-state index contributed by atoms with van der Waals surface area (Å²) in [7, 11) is 0. The van der Waals surface area contributed by atoms with Crippen LogP contribution in [0.5, 0.6) is 0 Å². The third kappa shape index (κ3) is 2.91. The Morgan fingerprint density at radius 1 is 1.10 bits per heavy atom. The average molecular weight is 287 g/mol. The monoisotopic (exact) mass is 287 g/mol. The van der Waals surface area contributed by atoms with Gasteiger partial charge < -0.3 is 10.6 Å². The number of piperazine rings is 1. The van der Waals surface area contributed by atoms with Crippen LogP contribution in [0.3, 0.4) is 0 Å². The average Bonchev–Trinajstić information content (AvgIpc) is 3.32. The molecule has 1 amide bonds. The van der Waals surface area contributed by atoms with Crippen molar-refractivity contribution in [1.29, 1.82) is 0 Å². The highest BCUT2D eigenvalue weighted by Crippen LogP contribution is 2.30. The number of carbonyl (C=O) groups is 1. The normalized spacial score (nSPS) is 20.6. The van der Waals surface area contributed by atoms with Gasteiger partial charge in [-0.05, 0) is 44.4 Å². The third-order valence-electron chi connectivity index (χ3n) is 4.83. The molecule has 4 heteroatoms.